The summed E-state index contributed by atoms with van der Waals surface area (Å²) in [6.45, 7) is 4.26. The van der Waals surface area contributed by atoms with Crippen LogP contribution in [0.4, 0.5) is 0 Å². The molecule has 5 heteroatoms. The van der Waals surface area contributed by atoms with E-state index in [1.54, 1.807) is 0 Å². The Morgan fingerprint density at radius 1 is 0.593 bits per heavy atom. The molecule has 2 atom stereocenters. The molecular weight excluding hydrogens is 360 g/mol. The summed E-state index contributed by atoms with van der Waals surface area (Å²) in [5.74, 6) is 0. The van der Waals surface area contributed by atoms with Gasteiger partial charge in [-0.25, -0.2) is 0 Å². The SMILES string of the molecule is CCCCCC(CCCCCCCCCCCC(O)CCCC)S(=O)(=O)O. The third kappa shape index (κ3) is 17.7. The maximum absolute atomic E-state index is 11.5. The summed E-state index contributed by atoms with van der Waals surface area (Å²) >= 11 is 0. The van der Waals surface area contributed by atoms with Crippen LogP contribution in [-0.4, -0.2) is 29.4 Å². The molecule has 0 fully saturated rings. The zero-order chi connectivity index (χ0) is 20.4. The van der Waals surface area contributed by atoms with E-state index >= 15 is 0 Å². The maximum atomic E-state index is 11.5. The summed E-state index contributed by atoms with van der Waals surface area (Å²) in [5, 5.41) is 9.24. The lowest BCUT2D eigenvalue weighted by molar-refractivity contribution is 0.148. The molecule has 0 rings (SSSR count). The predicted molar refractivity (Wildman–Crippen MR) is 116 cm³/mol. The van der Waals surface area contributed by atoms with Gasteiger partial charge in [0.15, 0.2) is 0 Å². The van der Waals surface area contributed by atoms with E-state index in [-0.39, 0.29) is 6.10 Å². The second kappa shape index (κ2) is 17.9. The minimum atomic E-state index is -3.89. The fraction of sp³-hybridized carbons (Fsp3) is 1.00. The topological polar surface area (TPSA) is 74.6 Å². The Hall–Kier alpha value is -0.130. The van der Waals surface area contributed by atoms with Crippen molar-refractivity contribution >= 4 is 10.1 Å². The second-order valence-electron chi connectivity index (χ2n) is 8.19. The molecule has 0 amide bonds. The highest BCUT2D eigenvalue weighted by molar-refractivity contribution is 7.86. The van der Waals surface area contributed by atoms with E-state index in [9.17, 15) is 18.1 Å². The van der Waals surface area contributed by atoms with Crippen molar-refractivity contribution in [1.82, 2.24) is 0 Å². The molecule has 0 saturated carbocycles. The van der Waals surface area contributed by atoms with Crippen LogP contribution in [0, 0.1) is 0 Å². The first-order valence-corrected chi connectivity index (χ1v) is 13.1. The highest BCUT2D eigenvalue weighted by Crippen LogP contribution is 2.19. The van der Waals surface area contributed by atoms with Crippen molar-refractivity contribution in [2.45, 2.75) is 141 Å². The van der Waals surface area contributed by atoms with Crippen molar-refractivity contribution in [3.8, 4) is 0 Å². The van der Waals surface area contributed by atoms with Gasteiger partial charge in [0.05, 0.1) is 11.4 Å². The summed E-state index contributed by atoms with van der Waals surface area (Å²) in [5.41, 5.74) is 0. The van der Waals surface area contributed by atoms with Gasteiger partial charge in [-0.3, -0.25) is 4.55 Å². The third-order valence-electron chi connectivity index (χ3n) is 5.51. The van der Waals surface area contributed by atoms with Gasteiger partial charge in [-0.2, -0.15) is 8.42 Å². The van der Waals surface area contributed by atoms with Gasteiger partial charge in [0, 0.05) is 0 Å². The molecule has 0 aliphatic carbocycles. The number of aliphatic hydroxyl groups excluding tert-OH is 1. The maximum Gasteiger partial charge on any atom is 0.267 e. The Kier molecular flexibility index (Phi) is 17.8. The van der Waals surface area contributed by atoms with Crippen LogP contribution in [0.5, 0.6) is 0 Å². The van der Waals surface area contributed by atoms with E-state index in [1.165, 1.54) is 32.1 Å². The first-order chi connectivity index (χ1) is 12.9. The van der Waals surface area contributed by atoms with Crippen LogP contribution in [0.2, 0.25) is 0 Å². The van der Waals surface area contributed by atoms with Crippen LogP contribution >= 0.6 is 0 Å². The van der Waals surface area contributed by atoms with E-state index in [4.69, 9.17) is 0 Å². The lowest BCUT2D eigenvalue weighted by Crippen LogP contribution is -2.20. The Labute approximate surface area is 169 Å². The monoisotopic (exact) mass is 406 g/mol. The van der Waals surface area contributed by atoms with Gasteiger partial charge in [-0.15, -0.1) is 0 Å². The van der Waals surface area contributed by atoms with Crippen molar-refractivity contribution in [2.75, 3.05) is 0 Å². The number of rotatable bonds is 20. The van der Waals surface area contributed by atoms with Gasteiger partial charge in [0.1, 0.15) is 0 Å². The molecule has 4 nitrogen and oxygen atoms in total. The highest BCUT2D eigenvalue weighted by Gasteiger charge is 2.21. The zero-order valence-corrected chi connectivity index (χ0v) is 18.8. The smallest absolute Gasteiger partial charge is 0.267 e. The predicted octanol–water partition coefficient (Wildman–Crippen LogP) is 6.67. The number of hydrogen-bond donors (Lipinski definition) is 2. The molecule has 0 radical (unpaired) electrons. The molecule has 0 saturated heterocycles. The third-order valence-corrected chi connectivity index (χ3v) is 6.82. The highest BCUT2D eigenvalue weighted by atomic mass is 32.2. The van der Waals surface area contributed by atoms with Crippen molar-refractivity contribution in [1.29, 1.82) is 0 Å². The number of hydrogen-bond acceptors (Lipinski definition) is 3. The number of unbranched alkanes of at least 4 members (excludes halogenated alkanes) is 11. The van der Waals surface area contributed by atoms with Gasteiger partial charge in [0.2, 0.25) is 0 Å². The number of aliphatic hydroxyl groups is 1. The van der Waals surface area contributed by atoms with Crippen molar-refractivity contribution in [2.24, 2.45) is 0 Å². The van der Waals surface area contributed by atoms with Crippen LogP contribution in [0.3, 0.4) is 0 Å². The molecule has 2 N–H and O–H groups in total. The van der Waals surface area contributed by atoms with Crippen LogP contribution in [-0.2, 0) is 10.1 Å². The molecule has 0 aromatic carbocycles. The first-order valence-electron chi connectivity index (χ1n) is 11.6. The summed E-state index contributed by atoms with van der Waals surface area (Å²) in [7, 11) is -3.89. The van der Waals surface area contributed by atoms with Crippen LogP contribution in [0.25, 0.3) is 0 Å². The Balaban J connectivity index is 3.52. The Morgan fingerprint density at radius 2 is 0.963 bits per heavy atom. The lowest BCUT2D eigenvalue weighted by atomic mass is 10.0. The van der Waals surface area contributed by atoms with Crippen LogP contribution < -0.4 is 0 Å². The molecule has 0 bridgehead atoms. The average molecular weight is 407 g/mol. The van der Waals surface area contributed by atoms with Gasteiger partial charge >= 0.3 is 0 Å². The molecule has 0 aliphatic rings. The van der Waals surface area contributed by atoms with Gasteiger partial charge in [-0.05, 0) is 25.7 Å². The van der Waals surface area contributed by atoms with Gasteiger partial charge in [0.25, 0.3) is 10.1 Å². The quantitative estimate of drug-likeness (QED) is 0.175. The van der Waals surface area contributed by atoms with E-state index in [2.05, 4.69) is 13.8 Å². The van der Waals surface area contributed by atoms with E-state index < -0.39 is 15.4 Å². The molecule has 0 aromatic heterocycles. The minimum absolute atomic E-state index is 0.0986. The van der Waals surface area contributed by atoms with Crippen molar-refractivity contribution in [3.63, 3.8) is 0 Å². The van der Waals surface area contributed by atoms with Crippen LogP contribution in [0.15, 0.2) is 0 Å². The normalized spacial score (nSPS) is 14.4. The standard InChI is InChI=1S/C22H46O4S/c1-3-5-14-19-22(27(24,25)26)20-16-13-11-9-7-8-10-12-15-18-21(23)17-6-4-2/h21-23H,3-20H2,1-2H3,(H,24,25,26). The molecule has 0 aliphatic heterocycles. The Bertz CT molecular complexity index is 409. The zero-order valence-electron chi connectivity index (χ0n) is 18.0. The molecular formula is C22H46O4S. The summed E-state index contributed by atoms with van der Waals surface area (Å²) in [6.07, 6.45) is 18.7. The van der Waals surface area contributed by atoms with Crippen molar-refractivity contribution in [3.05, 3.63) is 0 Å². The molecule has 2 unspecified atom stereocenters. The summed E-state index contributed by atoms with van der Waals surface area (Å²) < 4.78 is 32.3. The van der Waals surface area contributed by atoms with E-state index in [0.717, 1.165) is 70.6 Å². The lowest BCUT2D eigenvalue weighted by Gasteiger charge is -2.13. The molecule has 164 valence electrons. The largest absolute Gasteiger partial charge is 0.393 e. The molecule has 27 heavy (non-hydrogen) atoms. The average Bonchev–Trinajstić information content (AvgIpc) is 2.62. The van der Waals surface area contributed by atoms with Crippen molar-refractivity contribution < 1.29 is 18.1 Å². The van der Waals surface area contributed by atoms with E-state index in [0.29, 0.717) is 12.8 Å². The fourth-order valence-corrected chi connectivity index (χ4v) is 4.57. The molecule has 0 aromatic rings. The molecule has 0 spiro atoms. The first kappa shape index (κ1) is 26.9. The van der Waals surface area contributed by atoms with Gasteiger partial charge in [-0.1, -0.05) is 104 Å². The van der Waals surface area contributed by atoms with Crippen LogP contribution in [0.1, 0.15) is 129 Å². The summed E-state index contributed by atoms with van der Waals surface area (Å²) in [6, 6.07) is 0. The Morgan fingerprint density at radius 3 is 1.41 bits per heavy atom. The fourth-order valence-electron chi connectivity index (χ4n) is 3.64. The van der Waals surface area contributed by atoms with Gasteiger partial charge < -0.3 is 5.11 Å². The minimum Gasteiger partial charge on any atom is -0.393 e. The molecule has 0 heterocycles. The second-order valence-corrected chi connectivity index (χ2v) is 9.88. The summed E-state index contributed by atoms with van der Waals surface area (Å²) in [4.78, 5) is 0. The van der Waals surface area contributed by atoms with E-state index in [1.807, 2.05) is 0 Å².